The Hall–Kier alpha value is -0.860. The second-order valence-corrected chi connectivity index (χ2v) is 2.01. The van der Waals surface area contributed by atoms with Crippen LogP contribution in [0.15, 0.2) is 30.3 Å². The number of benzene rings is 1. The van der Waals surface area contributed by atoms with Crippen LogP contribution in [-0.2, 0) is 6.54 Å². The highest BCUT2D eigenvalue weighted by atomic mass is 16.2. The molecule has 0 saturated heterocycles. The first-order chi connectivity index (χ1) is 5.35. The van der Waals surface area contributed by atoms with Crippen LogP contribution in [0.4, 0.5) is 0 Å². The van der Waals surface area contributed by atoms with Crippen molar-refractivity contribution in [3.63, 3.8) is 0 Å². The smallest absolute Gasteiger partial charge is 0.0402 e. The molecule has 0 saturated carbocycles. The highest BCUT2D eigenvalue weighted by molar-refractivity contribution is 5.13. The zero-order valence-electron chi connectivity index (χ0n) is 6.83. The average molecular weight is 153 g/mol. The molecule has 0 fully saturated rings. The first-order valence-electron chi connectivity index (χ1n) is 3.70. The van der Waals surface area contributed by atoms with Gasteiger partial charge in [0.25, 0.3) is 0 Å². The molecule has 0 amide bonds. The van der Waals surface area contributed by atoms with E-state index in [0.717, 1.165) is 0 Å². The van der Waals surface area contributed by atoms with Crippen LogP contribution in [0.5, 0.6) is 0 Å². The van der Waals surface area contributed by atoms with Gasteiger partial charge in [-0.3, -0.25) is 0 Å². The van der Waals surface area contributed by atoms with Gasteiger partial charge in [0.15, 0.2) is 0 Å². The Kier molecular flexibility index (Phi) is 6.68. The average Bonchev–Trinajstić information content (AvgIpc) is 2.08. The minimum Gasteiger partial charge on any atom is -0.397 e. The van der Waals surface area contributed by atoms with E-state index in [1.807, 2.05) is 30.3 Å². The zero-order valence-corrected chi connectivity index (χ0v) is 6.83. The van der Waals surface area contributed by atoms with E-state index < -0.39 is 0 Å². The zero-order chi connectivity index (χ0) is 8.53. The van der Waals surface area contributed by atoms with Crippen molar-refractivity contribution in [2.24, 2.45) is 5.73 Å². The maximum Gasteiger partial charge on any atom is 0.0402 e. The van der Waals surface area contributed by atoms with E-state index in [1.165, 1.54) is 5.56 Å². The van der Waals surface area contributed by atoms with Gasteiger partial charge in [0.1, 0.15) is 0 Å². The number of aliphatic hydroxyl groups excluding tert-OH is 1. The summed E-state index contributed by atoms with van der Waals surface area (Å²) in [7, 11) is 0. The second-order valence-electron chi connectivity index (χ2n) is 2.01. The number of rotatable bonds is 1. The lowest BCUT2D eigenvalue weighted by Crippen LogP contribution is -1.94. The molecule has 1 aromatic carbocycles. The first kappa shape index (κ1) is 10.1. The van der Waals surface area contributed by atoms with E-state index in [0.29, 0.717) is 6.54 Å². The van der Waals surface area contributed by atoms with Crippen molar-refractivity contribution in [1.82, 2.24) is 0 Å². The third-order valence-corrected chi connectivity index (χ3v) is 1.08. The molecule has 0 atom stereocenters. The highest BCUT2D eigenvalue weighted by Gasteiger charge is 1.80. The van der Waals surface area contributed by atoms with Gasteiger partial charge < -0.3 is 10.8 Å². The molecular weight excluding hydrogens is 138 g/mol. The molecule has 1 aromatic rings. The van der Waals surface area contributed by atoms with Gasteiger partial charge in [-0.05, 0) is 12.5 Å². The summed E-state index contributed by atoms with van der Waals surface area (Å²) in [6.45, 7) is 2.57. The largest absolute Gasteiger partial charge is 0.397 e. The molecule has 11 heavy (non-hydrogen) atoms. The fraction of sp³-hybridized carbons (Fsp3) is 0.333. The lowest BCUT2D eigenvalue weighted by atomic mass is 10.2. The summed E-state index contributed by atoms with van der Waals surface area (Å²) in [6, 6.07) is 9.99. The van der Waals surface area contributed by atoms with Crippen molar-refractivity contribution in [3.05, 3.63) is 35.9 Å². The molecule has 0 radical (unpaired) electrons. The summed E-state index contributed by atoms with van der Waals surface area (Å²) < 4.78 is 0. The van der Waals surface area contributed by atoms with Gasteiger partial charge in [-0.15, -0.1) is 0 Å². The monoisotopic (exact) mass is 153 g/mol. The third-order valence-electron chi connectivity index (χ3n) is 1.08. The van der Waals surface area contributed by atoms with Gasteiger partial charge in [0.2, 0.25) is 0 Å². The SMILES string of the molecule is CCO.NCc1ccccc1. The minimum absolute atomic E-state index is 0.250. The Balaban J connectivity index is 0.000000292. The van der Waals surface area contributed by atoms with E-state index in [4.69, 9.17) is 10.8 Å². The predicted octanol–water partition coefficient (Wildman–Crippen LogP) is 1.14. The van der Waals surface area contributed by atoms with Crippen LogP contribution in [0.2, 0.25) is 0 Å². The quantitative estimate of drug-likeness (QED) is 0.635. The van der Waals surface area contributed by atoms with E-state index in [-0.39, 0.29) is 6.61 Å². The Morgan fingerprint density at radius 1 is 1.27 bits per heavy atom. The Morgan fingerprint density at radius 2 is 1.73 bits per heavy atom. The molecule has 2 heteroatoms. The van der Waals surface area contributed by atoms with Crippen LogP contribution in [0.1, 0.15) is 12.5 Å². The Morgan fingerprint density at radius 3 is 2.00 bits per heavy atom. The normalized spacial score (nSPS) is 8.27. The van der Waals surface area contributed by atoms with Crippen LogP contribution in [-0.4, -0.2) is 11.7 Å². The van der Waals surface area contributed by atoms with Crippen molar-refractivity contribution in [3.8, 4) is 0 Å². The summed E-state index contributed by atoms with van der Waals surface area (Å²) in [5.74, 6) is 0. The van der Waals surface area contributed by atoms with Gasteiger partial charge in [-0.2, -0.15) is 0 Å². The Labute approximate surface area is 67.7 Å². The fourth-order valence-corrected chi connectivity index (χ4v) is 0.614. The van der Waals surface area contributed by atoms with Crippen LogP contribution in [0, 0.1) is 0 Å². The topological polar surface area (TPSA) is 46.2 Å². The van der Waals surface area contributed by atoms with E-state index >= 15 is 0 Å². The van der Waals surface area contributed by atoms with Gasteiger partial charge >= 0.3 is 0 Å². The molecule has 0 aromatic heterocycles. The van der Waals surface area contributed by atoms with Crippen molar-refractivity contribution in [1.29, 1.82) is 0 Å². The summed E-state index contributed by atoms with van der Waals surface area (Å²) in [4.78, 5) is 0. The highest BCUT2D eigenvalue weighted by Crippen LogP contribution is 1.94. The van der Waals surface area contributed by atoms with Crippen LogP contribution in [0.3, 0.4) is 0 Å². The summed E-state index contributed by atoms with van der Waals surface area (Å²) in [6.07, 6.45) is 0. The van der Waals surface area contributed by atoms with Gasteiger partial charge in [0, 0.05) is 13.2 Å². The third kappa shape index (κ3) is 5.58. The summed E-state index contributed by atoms with van der Waals surface area (Å²) in [5.41, 5.74) is 6.54. The van der Waals surface area contributed by atoms with Gasteiger partial charge in [0.05, 0.1) is 0 Å². The van der Waals surface area contributed by atoms with Crippen LogP contribution < -0.4 is 5.73 Å². The molecular formula is C9H15NO. The molecule has 0 unspecified atom stereocenters. The lowest BCUT2D eigenvalue weighted by molar-refractivity contribution is 0.318. The molecule has 62 valence electrons. The molecule has 0 spiro atoms. The van der Waals surface area contributed by atoms with Crippen molar-refractivity contribution in [2.75, 3.05) is 6.61 Å². The maximum atomic E-state index is 7.57. The van der Waals surface area contributed by atoms with Crippen molar-refractivity contribution in [2.45, 2.75) is 13.5 Å². The number of hydrogen-bond acceptors (Lipinski definition) is 2. The van der Waals surface area contributed by atoms with Crippen LogP contribution >= 0.6 is 0 Å². The van der Waals surface area contributed by atoms with Gasteiger partial charge in [-0.25, -0.2) is 0 Å². The maximum absolute atomic E-state index is 7.57. The number of nitrogens with two attached hydrogens (primary N) is 1. The summed E-state index contributed by atoms with van der Waals surface area (Å²) in [5, 5.41) is 7.57. The molecule has 0 bridgehead atoms. The predicted molar refractivity (Wildman–Crippen MR) is 47.1 cm³/mol. The first-order valence-corrected chi connectivity index (χ1v) is 3.70. The van der Waals surface area contributed by atoms with Crippen molar-refractivity contribution < 1.29 is 5.11 Å². The molecule has 2 nitrogen and oxygen atoms in total. The minimum atomic E-state index is 0.250. The molecule has 0 aliphatic heterocycles. The Bertz CT molecular complexity index is 162. The molecule has 0 heterocycles. The fourth-order valence-electron chi connectivity index (χ4n) is 0.614. The number of hydrogen-bond donors (Lipinski definition) is 2. The van der Waals surface area contributed by atoms with E-state index in [2.05, 4.69) is 0 Å². The molecule has 3 N–H and O–H groups in total. The summed E-state index contributed by atoms with van der Waals surface area (Å²) >= 11 is 0. The van der Waals surface area contributed by atoms with Gasteiger partial charge in [-0.1, -0.05) is 30.3 Å². The number of aliphatic hydroxyl groups is 1. The van der Waals surface area contributed by atoms with Crippen molar-refractivity contribution >= 4 is 0 Å². The molecule has 0 aliphatic carbocycles. The van der Waals surface area contributed by atoms with E-state index in [1.54, 1.807) is 6.92 Å². The van der Waals surface area contributed by atoms with Crippen LogP contribution in [0.25, 0.3) is 0 Å². The second kappa shape index (κ2) is 7.25. The molecule has 1 rings (SSSR count). The van der Waals surface area contributed by atoms with E-state index in [9.17, 15) is 0 Å². The standard InChI is InChI=1S/C7H9N.C2H6O/c8-6-7-4-2-1-3-5-7;1-2-3/h1-5H,6,8H2;3H,2H2,1H3. The lowest BCUT2D eigenvalue weighted by Gasteiger charge is -1.90. The molecule has 0 aliphatic rings.